The summed E-state index contributed by atoms with van der Waals surface area (Å²) in [6.45, 7) is 4.88. The summed E-state index contributed by atoms with van der Waals surface area (Å²) in [5, 5.41) is 3.77. The molecule has 0 amide bonds. The number of nitrogens with zero attached hydrogens (tertiary/aromatic N) is 2. The number of halogens is 2. The number of hydrogen-bond acceptors (Lipinski definition) is 4. The van der Waals surface area contributed by atoms with Gasteiger partial charge < -0.3 is 10.3 Å². The second kappa shape index (κ2) is 6.30. The maximum Gasteiger partial charge on any atom is 0.226 e. The third-order valence-corrected chi connectivity index (χ3v) is 3.43. The molecule has 0 radical (unpaired) electrons. The molecule has 0 unspecified atom stereocenters. The maximum atomic E-state index is 13.2. The Balaban J connectivity index is 2.08. The average molecular weight is 295 g/mol. The molecule has 4 nitrogen and oxygen atoms in total. The molecular formula is C15H19F2N3O. The van der Waals surface area contributed by atoms with E-state index in [2.05, 4.69) is 24.0 Å². The lowest BCUT2D eigenvalue weighted by atomic mass is 9.84. The van der Waals surface area contributed by atoms with Crippen LogP contribution in [-0.4, -0.2) is 16.7 Å². The van der Waals surface area contributed by atoms with Crippen molar-refractivity contribution in [3.8, 4) is 11.4 Å². The van der Waals surface area contributed by atoms with E-state index in [1.165, 1.54) is 12.1 Å². The van der Waals surface area contributed by atoms with E-state index in [0.717, 1.165) is 18.9 Å². The van der Waals surface area contributed by atoms with Gasteiger partial charge in [0, 0.05) is 18.1 Å². The molecule has 2 aromatic rings. The van der Waals surface area contributed by atoms with E-state index >= 15 is 0 Å². The van der Waals surface area contributed by atoms with Crippen LogP contribution in [0.3, 0.4) is 0 Å². The van der Waals surface area contributed by atoms with Gasteiger partial charge in [-0.25, -0.2) is 8.78 Å². The smallest absolute Gasteiger partial charge is 0.226 e. The van der Waals surface area contributed by atoms with Gasteiger partial charge in [-0.3, -0.25) is 0 Å². The summed E-state index contributed by atoms with van der Waals surface area (Å²) in [7, 11) is 0. The summed E-state index contributed by atoms with van der Waals surface area (Å²) < 4.78 is 31.5. The highest BCUT2D eigenvalue weighted by Crippen LogP contribution is 2.26. The van der Waals surface area contributed by atoms with Crippen molar-refractivity contribution in [2.45, 2.75) is 33.1 Å². The standard InChI is InChI=1S/C15H19F2N3O/c1-15(2,5-6-18)4-3-13-19-14(20-21-13)10-7-11(16)9-12(17)8-10/h7-9H,3-6,18H2,1-2H3. The van der Waals surface area contributed by atoms with Crippen molar-refractivity contribution in [3.63, 3.8) is 0 Å². The Morgan fingerprint density at radius 1 is 1.14 bits per heavy atom. The summed E-state index contributed by atoms with van der Waals surface area (Å²) in [6.07, 6.45) is 2.37. The molecule has 0 spiro atoms. The molecule has 0 aliphatic rings. The van der Waals surface area contributed by atoms with E-state index in [4.69, 9.17) is 10.3 Å². The first-order valence-corrected chi connectivity index (χ1v) is 6.89. The van der Waals surface area contributed by atoms with Crippen LogP contribution >= 0.6 is 0 Å². The largest absolute Gasteiger partial charge is 0.339 e. The van der Waals surface area contributed by atoms with E-state index in [-0.39, 0.29) is 16.8 Å². The van der Waals surface area contributed by atoms with Gasteiger partial charge in [-0.15, -0.1) is 0 Å². The topological polar surface area (TPSA) is 64.9 Å². The SMILES string of the molecule is CC(C)(CCN)CCc1nc(-c2cc(F)cc(F)c2)no1. The van der Waals surface area contributed by atoms with Crippen molar-refractivity contribution in [1.29, 1.82) is 0 Å². The molecule has 1 aromatic carbocycles. The van der Waals surface area contributed by atoms with E-state index in [1.54, 1.807) is 0 Å². The maximum absolute atomic E-state index is 13.2. The van der Waals surface area contributed by atoms with Crippen molar-refractivity contribution in [3.05, 3.63) is 35.7 Å². The molecule has 0 bridgehead atoms. The van der Waals surface area contributed by atoms with Crippen LogP contribution in [-0.2, 0) is 6.42 Å². The minimum absolute atomic E-state index is 0.0916. The molecule has 0 aliphatic heterocycles. The molecule has 0 aliphatic carbocycles. The van der Waals surface area contributed by atoms with Gasteiger partial charge in [-0.2, -0.15) is 4.98 Å². The van der Waals surface area contributed by atoms with E-state index in [1.807, 2.05) is 0 Å². The van der Waals surface area contributed by atoms with Crippen LogP contribution in [0.1, 0.15) is 32.6 Å². The highest BCUT2D eigenvalue weighted by atomic mass is 19.1. The molecule has 2 rings (SSSR count). The van der Waals surface area contributed by atoms with Crippen molar-refractivity contribution in [1.82, 2.24) is 10.1 Å². The number of aryl methyl sites for hydroxylation is 1. The lowest BCUT2D eigenvalue weighted by Gasteiger charge is -2.22. The molecule has 1 aromatic heterocycles. The van der Waals surface area contributed by atoms with Crippen LogP contribution in [0.15, 0.2) is 22.7 Å². The first kappa shape index (κ1) is 15.6. The Labute approximate surface area is 122 Å². The Bertz CT molecular complexity index is 590. The Kier molecular flexibility index (Phi) is 4.67. The molecular weight excluding hydrogens is 276 g/mol. The van der Waals surface area contributed by atoms with Crippen LogP contribution in [0.5, 0.6) is 0 Å². The summed E-state index contributed by atoms with van der Waals surface area (Å²) >= 11 is 0. The number of aromatic nitrogens is 2. The minimum Gasteiger partial charge on any atom is -0.339 e. The van der Waals surface area contributed by atoms with Gasteiger partial charge in [-0.05, 0) is 36.9 Å². The van der Waals surface area contributed by atoms with Crippen LogP contribution in [0.2, 0.25) is 0 Å². The summed E-state index contributed by atoms with van der Waals surface area (Å²) in [5.41, 5.74) is 5.93. The molecule has 1 heterocycles. The zero-order chi connectivity index (χ0) is 15.5. The van der Waals surface area contributed by atoms with Gasteiger partial charge in [0.1, 0.15) is 11.6 Å². The van der Waals surface area contributed by atoms with Gasteiger partial charge in [0.15, 0.2) is 0 Å². The fourth-order valence-electron chi connectivity index (χ4n) is 2.12. The van der Waals surface area contributed by atoms with Crippen molar-refractivity contribution < 1.29 is 13.3 Å². The monoisotopic (exact) mass is 295 g/mol. The zero-order valence-corrected chi connectivity index (χ0v) is 12.2. The average Bonchev–Trinajstić information content (AvgIpc) is 2.84. The van der Waals surface area contributed by atoms with Crippen molar-refractivity contribution in [2.24, 2.45) is 11.1 Å². The summed E-state index contributed by atoms with van der Waals surface area (Å²) in [4.78, 5) is 4.18. The number of rotatable bonds is 6. The molecule has 0 fully saturated rings. The molecule has 0 saturated carbocycles. The number of benzene rings is 1. The predicted molar refractivity (Wildman–Crippen MR) is 75.4 cm³/mol. The molecule has 0 saturated heterocycles. The quantitative estimate of drug-likeness (QED) is 0.887. The lowest BCUT2D eigenvalue weighted by molar-refractivity contribution is 0.289. The highest BCUT2D eigenvalue weighted by molar-refractivity contribution is 5.54. The van der Waals surface area contributed by atoms with E-state index in [0.29, 0.717) is 18.9 Å². The first-order valence-electron chi connectivity index (χ1n) is 6.89. The van der Waals surface area contributed by atoms with Crippen molar-refractivity contribution in [2.75, 3.05) is 6.54 Å². The van der Waals surface area contributed by atoms with Crippen molar-refractivity contribution >= 4 is 0 Å². The second-order valence-corrected chi connectivity index (χ2v) is 5.87. The third-order valence-electron chi connectivity index (χ3n) is 3.43. The van der Waals surface area contributed by atoms with Gasteiger partial charge in [0.2, 0.25) is 11.7 Å². The van der Waals surface area contributed by atoms with Gasteiger partial charge >= 0.3 is 0 Å². The molecule has 6 heteroatoms. The Morgan fingerprint density at radius 2 is 1.81 bits per heavy atom. The lowest BCUT2D eigenvalue weighted by Crippen LogP contribution is -2.17. The Hall–Kier alpha value is -1.82. The molecule has 2 N–H and O–H groups in total. The normalized spacial score (nSPS) is 11.9. The molecule has 114 valence electrons. The summed E-state index contributed by atoms with van der Waals surface area (Å²) in [5.74, 6) is -0.680. The fourth-order valence-corrected chi connectivity index (χ4v) is 2.12. The Morgan fingerprint density at radius 3 is 2.43 bits per heavy atom. The van der Waals surface area contributed by atoms with Crippen LogP contribution in [0.25, 0.3) is 11.4 Å². The fraction of sp³-hybridized carbons (Fsp3) is 0.467. The van der Waals surface area contributed by atoms with Crippen LogP contribution < -0.4 is 5.73 Å². The molecule has 21 heavy (non-hydrogen) atoms. The van der Waals surface area contributed by atoms with Gasteiger partial charge in [0.05, 0.1) is 0 Å². The highest BCUT2D eigenvalue weighted by Gasteiger charge is 2.19. The van der Waals surface area contributed by atoms with Crippen LogP contribution in [0.4, 0.5) is 8.78 Å². The van der Waals surface area contributed by atoms with E-state index < -0.39 is 11.6 Å². The minimum atomic E-state index is -0.666. The van der Waals surface area contributed by atoms with Gasteiger partial charge in [0.25, 0.3) is 0 Å². The third kappa shape index (κ3) is 4.32. The predicted octanol–water partition coefficient (Wildman–Crippen LogP) is 3.32. The van der Waals surface area contributed by atoms with Gasteiger partial charge in [-0.1, -0.05) is 19.0 Å². The summed E-state index contributed by atoms with van der Waals surface area (Å²) in [6, 6.07) is 3.16. The van der Waals surface area contributed by atoms with E-state index in [9.17, 15) is 8.78 Å². The number of hydrogen-bond donors (Lipinski definition) is 1. The van der Waals surface area contributed by atoms with Crippen LogP contribution in [0, 0.1) is 17.0 Å². The number of nitrogens with two attached hydrogens (primary N) is 1. The second-order valence-electron chi connectivity index (χ2n) is 5.87. The molecule has 0 atom stereocenters. The first-order chi connectivity index (χ1) is 9.89. The zero-order valence-electron chi connectivity index (χ0n) is 12.2.